The quantitative estimate of drug-likeness (QED) is 0.387. The van der Waals surface area contributed by atoms with Crippen LogP contribution in [0, 0.1) is 6.92 Å². The summed E-state index contributed by atoms with van der Waals surface area (Å²) in [6, 6.07) is 12.6. The zero-order chi connectivity index (χ0) is 22.1. The van der Waals surface area contributed by atoms with Crippen LogP contribution in [-0.2, 0) is 0 Å². The van der Waals surface area contributed by atoms with E-state index < -0.39 is 11.5 Å². The van der Waals surface area contributed by atoms with Crippen molar-refractivity contribution in [1.82, 2.24) is 9.88 Å². The van der Waals surface area contributed by atoms with Crippen LogP contribution in [-0.4, -0.2) is 50.1 Å². The number of hydrogen-bond acceptors (Lipinski definition) is 7. The van der Waals surface area contributed by atoms with Crippen LogP contribution >= 0.6 is 23.7 Å². The smallest absolute Gasteiger partial charge is 0.349 e. The lowest BCUT2D eigenvalue weighted by atomic mass is 10.1. The number of anilines is 1. The first-order valence-electron chi connectivity index (χ1n) is 9.82. The number of hydrogen-bond donors (Lipinski definition) is 0. The Morgan fingerprint density at radius 3 is 2.62 bits per heavy atom. The fraction of sp³-hybridized carbons (Fsp3) is 0.261. The first-order chi connectivity index (χ1) is 14.9. The van der Waals surface area contributed by atoms with Crippen molar-refractivity contribution >= 4 is 56.0 Å². The number of methoxy groups -OCH3 is 1. The Morgan fingerprint density at radius 2 is 1.91 bits per heavy atom. The molecule has 0 bridgehead atoms. The Morgan fingerprint density at radius 1 is 1.16 bits per heavy atom. The molecule has 0 aliphatic carbocycles. The summed E-state index contributed by atoms with van der Waals surface area (Å²) in [5.74, 6) is 0.213. The number of thiazole rings is 1. The van der Waals surface area contributed by atoms with Crippen LogP contribution in [0.25, 0.3) is 21.2 Å². The molecule has 0 spiro atoms. The van der Waals surface area contributed by atoms with Crippen LogP contribution in [0.4, 0.5) is 5.13 Å². The average Bonchev–Trinajstić information content (AvgIpc) is 3.19. The van der Waals surface area contributed by atoms with E-state index in [-0.39, 0.29) is 18.0 Å². The fourth-order valence-corrected chi connectivity index (χ4v) is 4.39. The first kappa shape index (κ1) is 23.7. The second-order valence-electron chi connectivity index (χ2n) is 7.50. The number of carbonyl (C=O) groups excluding carboxylic acids is 1. The molecular weight excluding hydrogens is 450 g/mol. The Labute approximate surface area is 195 Å². The number of halogens is 1. The summed E-state index contributed by atoms with van der Waals surface area (Å²) >= 11 is 1.41. The molecule has 0 saturated carbocycles. The Bertz CT molecular complexity index is 1330. The van der Waals surface area contributed by atoms with Gasteiger partial charge in [0.1, 0.15) is 22.4 Å². The summed E-state index contributed by atoms with van der Waals surface area (Å²) in [6.07, 6.45) is 0. The number of amides is 1. The minimum atomic E-state index is -0.659. The predicted molar refractivity (Wildman–Crippen MR) is 131 cm³/mol. The summed E-state index contributed by atoms with van der Waals surface area (Å²) in [4.78, 5) is 34.4. The van der Waals surface area contributed by atoms with Crippen molar-refractivity contribution in [3.05, 3.63) is 64.0 Å². The Kier molecular flexibility index (Phi) is 7.18. The maximum Gasteiger partial charge on any atom is 0.349 e. The number of nitrogens with zero attached hydrogens (tertiary/aromatic N) is 3. The van der Waals surface area contributed by atoms with Crippen LogP contribution in [0.1, 0.15) is 15.9 Å². The molecule has 0 aliphatic rings. The molecule has 168 valence electrons. The molecule has 4 aromatic rings. The van der Waals surface area contributed by atoms with E-state index in [2.05, 4.69) is 0 Å². The topological polar surface area (TPSA) is 75.9 Å². The van der Waals surface area contributed by atoms with Gasteiger partial charge in [0.2, 0.25) is 0 Å². The van der Waals surface area contributed by atoms with Crippen molar-refractivity contribution in [2.45, 2.75) is 6.92 Å². The molecule has 4 rings (SSSR count). The summed E-state index contributed by atoms with van der Waals surface area (Å²) in [5.41, 5.74) is 1.53. The average molecular weight is 474 g/mol. The van der Waals surface area contributed by atoms with E-state index in [1.807, 2.05) is 50.2 Å². The van der Waals surface area contributed by atoms with Crippen molar-refractivity contribution in [3.8, 4) is 5.75 Å². The third-order valence-electron chi connectivity index (χ3n) is 5.03. The van der Waals surface area contributed by atoms with Gasteiger partial charge in [0, 0.05) is 18.5 Å². The van der Waals surface area contributed by atoms with Gasteiger partial charge in [-0.3, -0.25) is 9.69 Å². The fourth-order valence-electron chi connectivity index (χ4n) is 3.32. The minimum Gasteiger partial charge on any atom is -0.494 e. The highest BCUT2D eigenvalue weighted by Gasteiger charge is 2.26. The Balaban J connectivity index is 0.00000289. The number of likely N-dealkylation sites (N-methyl/N-ethyl adjacent to an activating group) is 1. The molecule has 2 aromatic carbocycles. The summed E-state index contributed by atoms with van der Waals surface area (Å²) in [5, 5.41) is 1.21. The number of fused-ring (bicyclic) bond motifs is 2. The molecule has 0 N–H and O–H groups in total. The molecule has 32 heavy (non-hydrogen) atoms. The lowest BCUT2D eigenvalue weighted by Crippen LogP contribution is -2.38. The van der Waals surface area contributed by atoms with Crippen LogP contribution in [0.5, 0.6) is 5.75 Å². The molecular formula is C23H24ClN3O4S. The van der Waals surface area contributed by atoms with Crippen LogP contribution < -0.4 is 15.3 Å². The van der Waals surface area contributed by atoms with Gasteiger partial charge in [-0.15, -0.1) is 12.4 Å². The van der Waals surface area contributed by atoms with E-state index >= 15 is 0 Å². The van der Waals surface area contributed by atoms with Crippen molar-refractivity contribution < 1.29 is 13.9 Å². The zero-order valence-electron chi connectivity index (χ0n) is 18.2. The van der Waals surface area contributed by atoms with E-state index in [1.54, 1.807) is 30.2 Å². The molecule has 0 saturated heterocycles. The van der Waals surface area contributed by atoms with Crippen LogP contribution in [0.3, 0.4) is 0 Å². The lowest BCUT2D eigenvalue weighted by molar-refractivity contribution is 0.0982. The van der Waals surface area contributed by atoms with Gasteiger partial charge >= 0.3 is 5.63 Å². The zero-order valence-corrected chi connectivity index (χ0v) is 19.9. The monoisotopic (exact) mass is 473 g/mol. The van der Waals surface area contributed by atoms with E-state index in [0.29, 0.717) is 40.5 Å². The van der Waals surface area contributed by atoms with Gasteiger partial charge in [-0.05, 0) is 44.8 Å². The van der Waals surface area contributed by atoms with Gasteiger partial charge in [0.25, 0.3) is 5.91 Å². The van der Waals surface area contributed by atoms with Gasteiger partial charge in [0.05, 0.1) is 11.8 Å². The van der Waals surface area contributed by atoms with E-state index in [4.69, 9.17) is 14.1 Å². The molecule has 9 heteroatoms. The molecule has 1 amide bonds. The minimum absolute atomic E-state index is 0. The SMILES string of the molecule is COc1ccc(C)c2sc(N(CCN(C)C)C(=O)c3cc4ccccc4oc3=O)nc12.Cl. The predicted octanol–water partition coefficient (Wildman–Crippen LogP) is 4.35. The highest BCUT2D eigenvalue weighted by molar-refractivity contribution is 7.22. The third kappa shape index (κ3) is 4.48. The molecule has 0 aliphatic heterocycles. The van der Waals surface area contributed by atoms with E-state index in [9.17, 15) is 9.59 Å². The first-order valence-corrected chi connectivity index (χ1v) is 10.6. The molecule has 0 fully saturated rings. The number of carbonyl (C=O) groups is 1. The van der Waals surface area contributed by atoms with E-state index in [1.165, 1.54) is 11.3 Å². The molecule has 0 unspecified atom stereocenters. The number of para-hydroxylation sites is 1. The van der Waals surface area contributed by atoms with Gasteiger partial charge in [-0.25, -0.2) is 9.78 Å². The largest absolute Gasteiger partial charge is 0.494 e. The number of ether oxygens (including phenoxy) is 1. The summed E-state index contributed by atoms with van der Waals surface area (Å²) in [7, 11) is 5.45. The lowest BCUT2D eigenvalue weighted by Gasteiger charge is -2.21. The molecule has 0 radical (unpaired) electrons. The second kappa shape index (κ2) is 9.68. The standard InChI is InChI=1S/C23H23N3O4S.ClH/c1-14-9-10-18(29-4)19-20(14)31-23(24-19)26(12-11-25(2)3)21(27)16-13-15-7-5-6-8-17(15)30-22(16)28;/h5-10,13H,11-12H2,1-4H3;1H. The van der Waals surface area contributed by atoms with Crippen molar-refractivity contribution in [3.63, 3.8) is 0 Å². The number of benzene rings is 2. The third-order valence-corrected chi connectivity index (χ3v) is 6.24. The highest BCUT2D eigenvalue weighted by atomic mass is 35.5. The van der Waals surface area contributed by atoms with Crippen LogP contribution in [0.2, 0.25) is 0 Å². The molecule has 0 atom stereocenters. The molecule has 7 nitrogen and oxygen atoms in total. The summed E-state index contributed by atoms with van der Waals surface area (Å²) < 4.78 is 11.8. The highest BCUT2D eigenvalue weighted by Crippen LogP contribution is 2.36. The van der Waals surface area contributed by atoms with Gasteiger partial charge in [-0.1, -0.05) is 35.6 Å². The van der Waals surface area contributed by atoms with Crippen molar-refractivity contribution in [2.24, 2.45) is 0 Å². The number of aromatic nitrogens is 1. The van der Waals surface area contributed by atoms with Crippen molar-refractivity contribution in [1.29, 1.82) is 0 Å². The number of aryl methyl sites for hydroxylation is 1. The molecule has 2 aromatic heterocycles. The van der Waals surface area contributed by atoms with Gasteiger partial charge < -0.3 is 14.1 Å². The maximum absolute atomic E-state index is 13.5. The van der Waals surface area contributed by atoms with Crippen LogP contribution in [0.15, 0.2) is 51.7 Å². The normalized spacial score (nSPS) is 11.0. The molecule has 2 heterocycles. The second-order valence-corrected chi connectivity index (χ2v) is 8.48. The number of rotatable bonds is 6. The Hall–Kier alpha value is -2.94. The summed E-state index contributed by atoms with van der Waals surface area (Å²) in [6.45, 7) is 2.98. The van der Waals surface area contributed by atoms with Crippen molar-refractivity contribution in [2.75, 3.05) is 39.2 Å². The maximum atomic E-state index is 13.5. The van der Waals surface area contributed by atoms with E-state index in [0.717, 1.165) is 10.3 Å². The van der Waals surface area contributed by atoms with Gasteiger partial charge in [-0.2, -0.15) is 0 Å². The van der Waals surface area contributed by atoms with Gasteiger partial charge in [0.15, 0.2) is 5.13 Å².